The zero-order valence-electron chi connectivity index (χ0n) is 5.22. The number of hydrogen-bond acceptors (Lipinski definition) is 0. The third kappa shape index (κ3) is 11.4. The first-order valence-corrected chi connectivity index (χ1v) is 1.91. The molecule has 0 aliphatic heterocycles. The van der Waals surface area contributed by atoms with Gasteiger partial charge in [-0.1, -0.05) is 0 Å². The second kappa shape index (κ2) is 16.3. The van der Waals surface area contributed by atoms with Crippen LogP contribution in [-0.4, -0.2) is 0 Å². The fourth-order valence-electron chi connectivity index (χ4n) is 0.342. The van der Waals surface area contributed by atoms with Gasteiger partial charge in [0.1, 0.15) is 0 Å². The van der Waals surface area contributed by atoms with Crippen LogP contribution in [0.15, 0.2) is 30.3 Å². The van der Waals surface area contributed by atoms with Gasteiger partial charge in [0.15, 0.2) is 0 Å². The van der Waals surface area contributed by atoms with Crippen molar-refractivity contribution in [2.75, 3.05) is 0 Å². The van der Waals surface area contributed by atoms with Crippen molar-refractivity contribution in [3.05, 3.63) is 42.5 Å². The molecular formula is C6H7Cl2NZr. The number of rotatable bonds is 0. The summed E-state index contributed by atoms with van der Waals surface area (Å²) in [6, 6.07) is 12.5. The molecule has 2 N–H and O–H groups in total. The molecule has 0 fully saturated rings. The van der Waals surface area contributed by atoms with Gasteiger partial charge >= 0.3 is 26.2 Å². The van der Waals surface area contributed by atoms with Crippen molar-refractivity contribution >= 4 is 0 Å². The van der Waals surface area contributed by atoms with Crippen LogP contribution in [0, 0.1) is 6.07 Å². The fourth-order valence-corrected chi connectivity index (χ4v) is 0.342. The van der Waals surface area contributed by atoms with Gasteiger partial charge in [-0.3, -0.25) is 0 Å². The Labute approximate surface area is 93.1 Å². The van der Waals surface area contributed by atoms with Gasteiger partial charge in [0.25, 0.3) is 0 Å². The molecule has 0 aliphatic rings. The molecule has 0 aliphatic carbocycles. The predicted octanol–water partition coefficient (Wildman–Crippen LogP) is -3.79. The molecule has 4 heteroatoms. The van der Waals surface area contributed by atoms with Crippen molar-refractivity contribution in [3.63, 3.8) is 0 Å². The summed E-state index contributed by atoms with van der Waals surface area (Å²) in [5.74, 6) is 0. The molecule has 0 unspecified atom stereocenters. The summed E-state index contributed by atoms with van der Waals surface area (Å²) < 4.78 is 0. The zero-order valence-corrected chi connectivity index (χ0v) is 9.19. The summed E-state index contributed by atoms with van der Waals surface area (Å²) in [6.45, 7) is 0. The molecule has 54 valence electrons. The summed E-state index contributed by atoms with van der Waals surface area (Å²) in [5.41, 5.74) is 0. The topological polar surface area (TPSA) is 33.5 Å². The van der Waals surface area contributed by atoms with E-state index in [0.29, 0.717) is 0 Å². The van der Waals surface area contributed by atoms with Crippen molar-refractivity contribution in [2.45, 2.75) is 0 Å². The molecule has 0 heterocycles. The molecule has 0 saturated heterocycles. The molecule has 1 aromatic carbocycles. The minimum Gasteiger partial charge on any atom is -1.00 e. The number of benzene rings is 1. The minimum atomic E-state index is 0. The summed E-state index contributed by atoms with van der Waals surface area (Å²) in [7, 11) is 0. The first-order chi connectivity index (χ1) is 3.00. The van der Waals surface area contributed by atoms with Gasteiger partial charge in [-0.2, -0.15) is 36.4 Å². The van der Waals surface area contributed by atoms with Gasteiger partial charge in [0.2, 0.25) is 0 Å². The summed E-state index contributed by atoms with van der Waals surface area (Å²) in [5, 5.41) is 0. The molecule has 1 nitrogen and oxygen atoms in total. The van der Waals surface area contributed by atoms with E-state index in [1.807, 2.05) is 30.3 Å². The van der Waals surface area contributed by atoms with Crippen LogP contribution >= 0.6 is 0 Å². The second-order valence-electron chi connectivity index (χ2n) is 1.08. The monoisotopic (exact) mass is 253 g/mol. The van der Waals surface area contributed by atoms with Crippen molar-refractivity contribution in [3.8, 4) is 0 Å². The molecule has 0 atom stereocenters. The molecule has 0 bridgehead atoms. The molecule has 0 spiro atoms. The SMILES string of the molecule is [Cl-].[Cl-].[NH2-].[Zr+4].[c-]1ccccc1. The van der Waals surface area contributed by atoms with Crippen LogP contribution in [0.3, 0.4) is 0 Å². The van der Waals surface area contributed by atoms with E-state index in [-0.39, 0.29) is 57.2 Å². The normalized spacial score (nSPS) is 4.80. The maximum atomic E-state index is 2.89. The van der Waals surface area contributed by atoms with E-state index in [9.17, 15) is 0 Å². The molecule has 0 amide bonds. The van der Waals surface area contributed by atoms with Gasteiger partial charge in [0.05, 0.1) is 0 Å². The Kier molecular flexibility index (Phi) is 36.6. The third-order valence-electron chi connectivity index (χ3n) is 0.607. The van der Waals surface area contributed by atoms with E-state index < -0.39 is 0 Å². The third-order valence-corrected chi connectivity index (χ3v) is 0.607. The standard InChI is InChI=1S/C6H5.2ClH.H2N.Zr/c1-2-4-6-5-3-1;;;;/h1-5H;2*1H;1H2;/q-1;;;-1;+4/p-2. The largest absolute Gasteiger partial charge is 4.00 e. The van der Waals surface area contributed by atoms with E-state index >= 15 is 0 Å². The van der Waals surface area contributed by atoms with Crippen molar-refractivity contribution in [1.29, 1.82) is 0 Å². The first kappa shape index (κ1) is 22.4. The molecular weight excluding hydrogens is 248 g/mol. The number of halogens is 2. The van der Waals surface area contributed by atoms with Crippen LogP contribution in [0.5, 0.6) is 0 Å². The first-order valence-electron chi connectivity index (χ1n) is 1.91. The quantitative estimate of drug-likeness (QED) is 0.426. The smallest absolute Gasteiger partial charge is 1.00 e. The molecule has 1 aromatic rings. The molecule has 0 saturated carbocycles. The van der Waals surface area contributed by atoms with Crippen molar-refractivity contribution < 1.29 is 51.0 Å². The van der Waals surface area contributed by atoms with E-state index in [4.69, 9.17) is 0 Å². The van der Waals surface area contributed by atoms with E-state index in [1.165, 1.54) is 0 Å². The van der Waals surface area contributed by atoms with E-state index in [2.05, 4.69) is 6.07 Å². The fraction of sp³-hybridized carbons (Fsp3) is 0. The predicted molar refractivity (Wildman–Crippen MR) is 30.6 cm³/mol. The zero-order chi connectivity index (χ0) is 4.24. The van der Waals surface area contributed by atoms with Crippen LogP contribution in [0.4, 0.5) is 0 Å². The Hall–Kier alpha value is 0.643. The van der Waals surface area contributed by atoms with Crippen LogP contribution in [-0.2, 0) is 26.2 Å². The molecule has 10 heavy (non-hydrogen) atoms. The van der Waals surface area contributed by atoms with Gasteiger partial charge in [-0.05, 0) is 0 Å². The van der Waals surface area contributed by atoms with Crippen LogP contribution < -0.4 is 24.8 Å². The van der Waals surface area contributed by atoms with Crippen LogP contribution in [0.1, 0.15) is 0 Å². The Balaban J connectivity index is -0.0000000450. The average Bonchev–Trinajstić information content (AvgIpc) is 1.72. The number of nitrogens with two attached hydrogens (primary N) is 1. The van der Waals surface area contributed by atoms with E-state index in [1.54, 1.807) is 0 Å². The summed E-state index contributed by atoms with van der Waals surface area (Å²) in [4.78, 5) is 0. The maximum absolute atomic E-state index is 2.89. The average molecular weight is 255 g/mol. The molecule has 0 aromatic heterocycles. The minimum absolute atomic E-state index is 0. The van der Waals surface area contributed by atoms with Crippen LogP contribution in [0.25, 0.3) is 6.15 Å². The van der Waals surface area contributed by atoms with Gasteiger partial charge < -0.3 is 31.0 Å². The van der Waals surface area contributed by atoms with E-state index in [0.717, 1.165) is 0 Å². The Bertz CT molecular complexity index is 87.7. The van der Waals surface area contributed by atoms with Gasteiger partial charge in [-0.25, -0.2) is 0 Å². The number of hydrogen-bond donors (Lipinski definition) is 0. The van der Waals surface area contributed by atoms with Gasteiger partial charge in [0, 0.05) is 0 Å². The molecule has 0 radical (unpaired) electrons. The van der Waals surface area contributed by atoms with Crippen molar-refractivity contribution in [2.24, 2.45) is 0 Å². The second-order valence-corrected chi connectivity index (χ2v) is 1.08. The Morgan fingerprint density at radius 2 is 1.20 bits per heavy atom. The Morgan fingerprint density at radius 3 is 1.30 bits per heavy atom. The van der Waals surface area contributed by atoms with Crippen molar-refractivity contribution in [1.82, 2.24) is 0 Å². The summed E-state index contributed by atoms with van der Waals surface area (Å²) in [6.07, 6.45) is 0. The maximum Gasteiger partial charge on any atom is 4.00 e. The summed E-state index contributed by atoms with van der Waals surface area (Å²) >= 11 is 0. The van der Waals surface area contributed by atoms with Crippen LogP contribution in [0.2, 0.25) is 0 Å². The van der Waals surface area contributed by atoms with Gasteiger partial charge in [-0.15, -0.1) is 0 Å². The Morgan fingerprint density at radius 1 is 0.800 bits per heavy atom. The molecule has 1 rings (SSSR count).